The lowest BCUT2D eigenvalue weighted by Gasteiger charge is -2.14. The summed E-state index contributed by atoms with van der Waals surface area (Å²) in [5.41, 5.74) is -0.858. The quantitative estimate of drug-likeness (QED) is 0.798. The van der Waals surface area contributed by atoms with Crippen molar-refractivity contribution in [3.05, 3.63) is 35.4 Å². The number of hydrogen-bond donors (Lipinski definition) is 1. The first kappa shape index (κ1) is 11.5. The Labute approximate surface area is 82.1 Å². The fourth-order valence-electron chi connectivity index (χ4n) is 1.02. The molecule has 1 N–H and O–H groups in total. The predicted octanol–water partition coefficient (Wildman–Crippen LogP) is 2.53. The topological polar surface area (TPSA) is 37.3 Å². The minimum atomic E-state index is -3.71. The second-order valence-corrected chi connectivity index (χ2v) is 2.90. The van der Waals surface area contributed by atoms with E-state index in [1.807, 2.05) is 0 Å². The SMILES string of the molecule is O=C(O)CC(F)(F)c1ccc(F)c(F)c1. The molecule has 82 valence electrons. The second-order valence-electron chi connectivity index (χ2n) is 2.90. The lowest BCUT2D eigenvalue weighted by atomic mass is 10.1. The molecule has 1 aromatic rings. The molecule has 0 radical (unpaired) electrons. The number of benzene rings is 1. The van der Waals surface area contributed by atoms with Crippen LogP contribution >= 0.6 is 0 Å². The molecule has 0 saturated carbocycles. The van der Waals surface area contributed by atoms with Crippen LogP contribution in [0.1, 0.15) is 12.0 Å². The molecule has 0 aliphatic heterocycles. The number of rotatable bonds is 3. The van der Waals surface area contributed by atoms with E-state index in [-0.39, 0.29) is 6.07 Å². The lowest BCUT2D eigenvalue weighted by molar-refractivity contribution is -0.145. The third-order valence-corrected chi connectivity index (χ3v) is 1.72. The van der Waals surface area contributed by atoms with E-state index in [0.29, 0.717) is 12.1 Å². The standard InChI is InChI=1S/C9H6F4O2/c10-6-2-1-5(3-7(6)11)9(12,13)4-8(14)15/h1-3H,4H2,(H,14,15). The third kappa shape index (κ3) is 2.68. The molecule has 0 spiro atoms. The predicted molar refractivity (Wildman–Crippen MR) is 42.5 cm³/mol. The summed E-state index contributed by atoms with van der Waals surface area (Å²) < 4.78 is 51.1. The molecule has 0 aromatic heterocycles. The average molecular weight is 222 g/mol. The molecule has 1 aromatic carbocycles. The molecule has 1 rings (SSSR count). The van der Waals surface area contributed by atoms with Gasteiger partial charge < -0.3 is 5.11 Å². The molecule has 0 fully saturated rings. The highest BCUT2D eigenvalue weighted by Gasteiger charge is 2.35. The van der Waals surface area contributed by atoms with Crippen LogP contribution in [0.2, 0.25) is 0 Å². The van der Waals surface area contributed by atoms with Crippen LogP contribution in [0.4, 0.5) is 17.6 Å². The van der Waals surface area contributed by atoms with Gasteiger partial charge in [0.15, 0.2) is 11.6 Å². The van der Waals surface area contributed by atoms with E-state index in [0.717, 1.165) is 0 Å². The number of carbonyl (C=O) groups is 1. The molecule has 0 heterocycles. The van der Waals surface area contributed by atoms with E-state index in [2.05, 4.69) is 0 Å². The summed E-state index contributed by atoms with van der Waals surface area (Å²) in [6.07, 6.45) is -1.46. The van der Waals surface area contributed by atoms with Crippen molar-refractivity contribution in [3.8, 4) is 0 Å². The van der Waals surface area contributed by atoms with E-state index < -0.39 is 35.5 Å². The first-order valence-corrected chi connectivity index (χ1v) is 3.88. The molecular weight excluding hydrogens is 216 g/mol. The fourth-order valence-corrected chi connectivity index (χ4v) is 1.02. The number of aliphatic carboxylic acids is 1. The monoisotopic (exact) mass is 222 g/mol. The second kappa shape index (κ2) is 3.88. The summed E-state index contributed by atoms with van der Waals surface area (Å²) in [5, 5.41) is 8.19. The Bertz CT molecular complexity index is 390. The van der Waals surface area contributed by atoms with Crippen LogP contribution in [0.25, 0.3) is 0 Å². The highest BCUT2D eigenvalue weighted by atomic mass is 19.3. The van der Waals surface area contributed by atoms with Gasteiger partial charge in [-0.1, -0.05) is 0 Å². The largest absolute Gasteiger partial charge is 0.481 e. The van der Waals surface area contributed by atoms with Gasteiger partial charge in [-0.3, -0.25) is 4.79 Å². The maximum Gasteiger partial charge on any atom is 0.309 e. The van der Waals surface area contributed by atoms with Crippen molar-refractivity contribution in [3.63, 3.8) is 0 Å². The maximum atomic E-state index is 13.0. The summed E-state index contributed by atoms with van der Waals surface area (Å²) in [7, 11) is 0. The van der Waals surface area contributed by atoms with E-state index in [1.165, 1.54) is 0 Å². The number of hydrogen-bond acceptors (Lipinski definition) is 1. The molecule has 0 unspecified atom stereocenters. The van der Waals surface area contributed by atoms with E-state index in [9.17, 15) is 22.4 Å². The van der Waals surface area contributed by atoms with Gasteiger partial charge in [-0.25, -0.2) is 17.6 Å². The molecule has 6 heteroatoms. The van der Waals surface area contributed by atoms with Gasteiger partial charge in [0.2, 0.25) is 0 Å². The van der Waals surface area contributed by atoms with Crippen LogP contribution in [-0.2, 0) is 10.7 Å². The van der Waals surface area contributed by atoms with Crippen LogP contribution in [0, 0.1) is 11.6 Å². The highest BCUT2D eigenvalue weighted by molar-refractivity contribution is 5.68. The summed E-state index contributed by atoms with van der Waals surface area (Å²) >= 11 is 0. The van der Waals surface area contributed by atoms with Crippen molar-refractivity contribution in [2.45, 2.75) is 12.3 Å². The Balaban J connectivity index is 3.04. The summed E-state index contributed by atoms with van der Waals surface area (Å²) in [6, 6.07) is 1.47. The Hall–Kier alpha value is -1.59. The first-order valence-electron chi connectivity index (χ1n) is 3.88. The van der Waals surface area contributed by atoms with Gasteiger partial charge in [0.1, 0.15) is 6.42 Å². The summed E-state index contributed by atoms with van der Waals surface area (Å²) in [4.78, 5) is 10.1. The summed E-state index contributed by atoms with van der Waals surface area (Å²) in [5.74, 6) is -8.12. The van der Waals surface area contributed by atoms with Crippen LogP contribution < -0.4 is 0 Å². The molecule has 2 nitrogen and oxygen atoms in total. The molecule has 0 aliphatic carbocycles. The zero-order valence-electron chi connectivity index (χ0n) is 7.31. The Morgan fingerprint density at radius 3 is 2.33 bits per heavy atom. The number of alkyl halides is 2. The van der Waals surface area contributed by atoms with Crippen LogP contribution in [0.3, 0.4) is 0 Å². The van der Waals surface area contributed by atoms with Gasteiger partial charge in [0.25, 0.3) is 5.92 Å². The zero-order chi connectivity index (χ0) is 11.6. The third-order valence-electron chi connectivity index (χ3n) is 1.72. The van der Waals surface area contributed by atoms with Crippen molar-refractivity contribution in [1.29, 1.82) is 0 Å². The van der Waals surface area contributed by atoms with Gasteiger partial charge in [-0.2, -0.15) is 0 Å². The average Bonchev–Trinajstić information content (AvgIpc) is 2.07. The van der Waals surface area contributed by atoms with Crippen molar-refractivity contribution in [1.82, 2.24) is 0 Å². The van der Waals surface area contributed by atoms with Crippen LogP contribution in [0.15, 0.2) is 18.2 Å². The van der Waals surface area contributed by atoms with Crippen molar-refractivity contribution in [2.24, 2.45) is 0 Å². The Morgan fingerprint density at radius 2 is 1.87 bits per heavy atom. The zero-order valence-corrected chi connectivity index (χ0v) is 7.31. The summed E-state index contributed by atoms with van der Waals surface area (Å²) in [6.45, 7) is 0. The van der Waals surface area contributed by atoms with E-state index >= 15 is 0 Å². The van der Waals surface area contributed by atoms with Gasteiger partial charge >= 0.3 is 5.97 Å². The number of carboxylic acid groups (broad SMARTS) is 1. The molecular formula is C9H6F4O2. The van der Waals surface area contributed by atoms with Gasteiger partial charge in [0.05, 0.1) is 0 Å². The molecule has 0 aliphatic rings. The molecule has 0 atom stereocenters. The maximum absolute atomic E-state index is 13.0. The lowest BCUT2D eigenvalue weighted by Crippen LogP contribution is -2.18. The Morgan fingerprint density at radius 1 is 1.27 bits per heavy atom. The first-order chi connectivity index (χ1) is 6.83. The van der Waals surface area contributed by atoms with Crippen molar-refractivity contribution in [2.75, 3.05) is 0 Å². The minimum absolute atomic E-state index is 0.290. The fraction of sp³-hybridized carbons (Fsp3) is 0.222. The highest BCUT2D eigenvalue weighted by Crippen LogP contribution is 2.32. The normalized spacial score (nSPS) is 11.5. The van der Waals surface area contributed by atoms with Gasteiger partial charge in [0, 0.05) is 5.56 Å². The Kier molecular flexibility index (Phi) is 2.97. The molecule has 0 bridgehead atoms. The van der Waals surface area contributed by atoms with Crippen molar-refractivity contribution >= 4 is 5.97 Å². The van der Waals surface area contributed by atoms with E-state index in [4.69, 9.17) is 5.11 Å². The van der Waals surface area contributed by atoms with E-state index in [1.54, 1.807) is 0 Å². The van der Waals surface area contributed by atoms with Crippen LogP contribution in [-0.4, -0.2) is 11.1 Å². The van der Waals surface area contributed by atoms with Crippen LogP contribution in [0.5, 0.6) is 0 Å². The minimum Gasteiger partial charge on any atom is -0.481 e. The van der Waals surface area contributed by atoms with Gasteiger partial charge in [-0.05, 0) is 18.2 Å². The van der Waals surface area contributed by atoms with Crippen molar-refractivity contribution < 1.29 is 27.5 Å². The molecule has 15 heavy (non-hydrogen) atoms. The van der Waals surface area contributed by atoms with Gasteiger partial charge in [-0.15, -0.1) is 0 Å². The smallest absolute Gasteiger partial charge is 0.309 e. The number of carboxylic acids is 1. The molecule has 0 saturated heterocycles. The molecule has 0 amide bonds. The number of halogens is 4.